The van der Waals surface area contributed by atoms with E-state index >= 15 is 0 Å². The normalized spacial score (nSPS) is 18.7. The summed E-state index contributed by atoms with van der Waals surface area (Å²) in [5.41, 5.74) is 7.04. The Hall–Kier alpha value is -0.650. The summed E-state index contributed by atoms with van der Waals surface area (Å²) in [5.74, 6) is 0.497. The smallest absolute Gasteiger partial charge is 0.185 e. The third-order valence-electron chi connectivity index (χ3n) is 3.47. The van der Waals surface area contributed by atoms with Crippen molar-refractivity contribution in [1.29, 1.82) is 0 Å². The van der Waals surface area contributed by atoms with Crippen molar-refractivity contribution in [2.24, 2.45) is 5.73 Å². The molecule has 0 amide bonds. The molecular weight excluding hydrogens is 246 g/mol. The van der Waals surface area contributed by atoms with Crippen LogP contribution in [0.15, 0.2) is 0 Å². The topological polar surface area (TPSA) is 51.4 Å². The van der Waals surface area contributed by atoms with Gasteiger partial charge in [-0.1, -0.05) is 13.8 Å². The van der Waals surface area contributed by atoms with Crippen LogP contribution >= 0.6 is 11.3 Å². The van der Waals surface area contributed by atoms with Gasteiger partial charge in [-0.3, -0.25) is 0 Å². The molecule has 1 fully saturated rings. The van der Waals surface area contributed by atoms with E-state index in [0.29, 0.717) is 12.5 Å². The summed E-state index contributed by atoms with van der Waals surface area (Å²) in [4.78, 5) is 8.40. The van der Waals surface area contributed by atoms with E-state index < -0.39 is 0 Å². The maximum absolute atomic E-state index is 5.84. The first-order valence-corrected chi connectivity index (χ1v) is 7.60. The summed E-state index contributed by atoms with van der Waals surface area (Å²) in [5, 5.41) is 1.12. The second-order valence-electron chi connectivity index (χ2n) is 4.77. The number of thiazole rings is 1. The van der Waals surface area contributed by atoms with Crippen LogP contribution in [0.4, 0.5) is 5.13 Å². The highest BCUT2D eigenvalue weighted by Gasteiger charge is 2.19. The average molecular weight is 269 g/mol. The van der Waals surface area contributed by atoms with E-state index in [-0.39, 0.29) is 0 Å². The quantitative estimate of drug-likeness (QED) is 0.911. The van der Waals surface area contributed by atoms with Crippen LogP contribution in [-0.4, -0.2) is 31.3 Å². The van der Waals surface area contributed by atoms with Crippen molar-refractivity contribution < 1.29 is 4.74 Å². The fraction of sp³-hybridized carbons (Fsp3) is 0.769. The highest BCUT2D eigenvalue weighted by atomic mass is 32.1. The van der Waals surface area contributed by atoms with Gasteiger partial charge in [0.05, 0.1) is 12.3 Å². The van der Waals surface area contributed by atoms with Crippen molar-refractivity contribution in [2.45, 2.75) is 39.2 Å². The van der Waals surface area contributed by atoms with E-state index in [4.69, 9.17) is 15.5 Å². The van der Waals surface area contributed by atoms with Crippen LogP contribution in [0.2, 0.25) is 0 Å². The van der Waals surface area contributed by atoms with Gasteiger partial charge in [-0.15, -0.1) is 11.3 Å². The summed E-state index contributed by atoms with van der Waals surface area (Å²) in [6.07, 6.45) is 2.19. The Balaban J connectivity index is 2.19. The first kappa shape index (κ1) is 13.8. The lowest BCUT2D eigenvalue weighted by atomic mass is 10.0. The molecule has 2 rings (SSSR count). The molecule has 5 heteroatoms. The van der Waals surface area contributed by atoms with Crippen LogP contribution in [0, 0.1) is 0 Å². The summed E-state index contributed by atoms with van der Waals surface area (Å²) in [6.45, 7) is 8.67. The number of nitrogens with two attached hydrogens (primary N) is 1. The summed E-state index contributed by atoms with van der Waals surface area (Å²) >= 11 is 1.75. The van der Waals surface area contributed by atoms with Gasteiger partial charge in [0, 0.05) is 31.1 Å². The Bertz CT molecular complexity index is 372. The standard InChI is InChI=1S/C13H23N3OS/c1-3-10(2)12-11(9-14)18-13(15-12)16-5-4-7-17-8-6-16/h10H,3-9,14H2,1-2H3. The molecule has 1 saturated heterocycles. The van der Waals surface area contributed by atoms with Gasteiger partial charge in [-0.25, -0.2) is 4.98 Å². The molecule has 0 aliphatic carbocycles. The van der Waals surface area contributed by atoms with Crippen LogP contribution in [0.25, 0.3) is 0 Å². The fourth-order valence-electron chi connectivity index (χ4n) is 2.15. The lowest BCUT2D eigenvalue weighted by Crippen LogP contribution is -2.25. The zero-order valence-electron chi connectivity index (χ0n) is 11.3. The predicted octanol–water partition coefficient (Wildman–Crippen LogP) is 2.34. The van der Waals surface area contributed by atoms with Gasteiger partial charge >= 0.3 is 0 Å². The first-order valence-electron chi connectivity index (χ1n) is 6.78. The number of aromatic nitrogens is 1. The molecule has 18 heavy (non-hydrogen) atoms. The highest BCUT2D eigenvalue weighted by Crippen LogP contribution is 2.32. The molecule has 2 N–H and O–H groups in total. The molecule has 0 radical (unpaired) electrons. The van der Waals surface area contributed by atoms with Crippen molar-refractivity contribution in [1.82, 2.24) is 4.98 Å². The van der Waals surface area contributed by atoms with Crippen LogP contribution in [0.5, 0.6) is 0 Å². The third-order valence-corrected chi connectivity index (χ3v) is 4.63. The first-order chi connectivity index (χ1) is 8.76. The lowest BCUT2D eigenvalue weighted by Gasteiger charge is -2.17. The van der Waals surface area contributed by atoms with Crippen molar-refractivity contribution in [3.8, 4) is 0 Å². The second-order valence-corrected chi connectivity index (χ2v) is 5.83. The van der Waals surface area contributed by atoms with E-state index in [2.05, 4.69) is 18.7 Å². The van der Waals surface area contributed by atoms with Gasteiger partial charge in [0.2, 0.25) is 0 Å². The predicted molar refractivity (Wildman–Crippen MR) is 76.4 cm³/mol. The Morgan fingerprint density at radius 3 is 3.00 bits per heavy atom. The van der Waals surface area contributed by atoms with Crippen molar-refractivity contribution in [3.05, 3.63) is 10.6 Å². The molecule has 1 aromatic heterocycles. The fourth-order valence-corrected chi connectivity index (χ4v) is 3.26. The number of hydrogen-bond donors (Lipinski definition) is 1. The Morgan fingerprint density at radius 2 is 2.28 bits per heavy atom. The Morgan fingerprint density at radius 1 is 1.44 bits per heavy atom. The SMILES string of the molecule is CCC(C)c1nc(N2CCCOCC2)sc1CN. The van der Waals surface area contributed by atoms with E-state index in [1.165, 1.54) is 10.6 Å². The molecule has 1 aliphatic rings. The van der Waals surface area contributed by atoms with Gasteiger partial charge in [0.25, 0.3) is 0 Å². The number of ether oxygens (including phenoxy) is 1. The van der Waals surface area contributed by atoms with Gasteiger partial charge < -0.3 is 15.4 Å². The van der Waals surface area contributed by atoms with Crippen molar-refractivity contribution >= 4 is 16.5 Å². The van der Waals surface area contributed by atoms with Crippen LogP contribution < -0.4 is 10.6 Å². The minimum atomic E-state index is 0.497. The molecule has 102 valence electrons. The summed E-state index contributed by atoms with van der Waals surface area (Å²) in [6, 6.07) is 0. The minimum absolute atomic E-state index is 0.497. The Labute approximate surface area is 113 Å². The molecule has 4 nitrogen and oxygen atoms in total. The van der Waals surface area contributed by atoms with E-state index in [0.717, 1.165) is 44.3 Å². The largest absolute Gasteiger partial charge is 0.380 e. The number of nitrogens with zero attached hydrogens (tertiary/aromatic N) is 2. The van der Waals surface area contributed by atoms with Gasteiger partial charge in [0.1, 0.15) is 0 Å². The highest BCUT2D eigenvalue weighted by molar-refractivity contribution is 7.15. The Kier molecular flexibility index (Phi) is 4.97. The molecular formula is C13H23N3OS. The average Bonchev–Trinajstić information content (AvgIpc) is 2.64. The van der Waals surface area contributed by atoms with E-state index in [1.54, 1.807) is 11.3 Å². The van der Waals surface area contributed by atoms with E-state index in [9.17, 15) is 0 Å². The van der Waals surface area contributed by atoms with Crippen LogP contribution in [0.1, 0.15) is 43.2 Å². The second kappa shape index (κ2) is 6.50. The lowest BCUT2D eigenvalue weighted by molar-refractivity contribution is 0.152. The molecule has 0 saturated carbocycles. The van der Waals surface area contributed by atoms with Gasteiger partial charge in [-0.2, -0.15) is 0 Å². The molecule has 1 atom stereocenters. The maximum Gasteiger partial charge on any atom is 0.185 e. The monoisotopic (exact) mass is 269 g/mol. The van der Waals surface area contributed by atoms with Crippen LogP contribution in [0.3, 0.4) is 0 Å². The summed E-state index contributed by atoms with van der Waals surface area (Å²) in [7, 11) is 0. The zero-order valence-corrected chi connectivity index (χ0v) is 12.1. The third kappa shape index (κ3) is 3.02. The molecule has 2 heterocycles. The number of hydrogen-bond acceptors (Lipinski definition) is 5. The summed E-state index contributed by atoms with van der Waals surface area (Å²) < 4.78 is 5.49. The van der Waals surface area contributed by atoms with Crippen molar-refractivity contribution in [3.63, 3.8) is 0 Å². The van der Waals surface area contributed by atoms with Gasteiger partial charge in [0.15, 0.2) is 5.13 Å². The van der Waals surface area contributed by atoms with Crippen molar-refractivity contribution in [2.75, 3.05) is 31.2 Å². The molecule has 0 spiro atoms. The molecule has 1 aliphatic heterocycles. The molecule has 0 aromatic carbocycles. The van der Waals surface area contributed by atoms with E-state index in [1.807, 2.05) is 0 Å². The number of anilines is 1. The molecule has 1 unspecified atom stereocenters. The van der Waals surface area contributed by atoms with Gasteiger partial charge in [-0.05, 0) is 18.8 Å². The minimum Gasteiger partial charge on any atom is -0.380 e. The molecule has 0 bridgehead atoms. The molecule has 1 aromatic rings. The zero-order chi connectivity index (χ0) is 13.0. The number of rotatable bonds is 4. The van der Waals surface area contributed by atoms with Crippen LogP contribution in [-0.2, 0) is 11.3 Å². The maximum atomic E-state index is 5.84.